The molecule has 8 heteroatoms. The van der Waals surface area contributed by atoms with Crippen LogP contribution >= 0.6 is 0 Å². The first kappa shape index (κ1) is 22.5. The third-order valence-corrected chi connectivity index (χ3v) is 3.70. The van der Waals surface area contributed by atoms with Crippen molar-refractivity contribution in [2.75, 3.05) is 57.4 Å². The minimum Gasteiger partial charge on any atom is -0.364 e. The summed E-state index contributed by atoms with van der Waals surface area (Å²) >= 11 is 0. The van der Waals surface area contributed by atoms with Gasteiger partial charge in [0, 0.05) is 33.8 Å². The Morgan fingerprint density at radius 3 is 2.00 bits per heavy atom. The third-order valence-electron chi connectivity index (χ3n) is 3.70. The molecule has 8 nitrogen and oxygen atoms in total. The number of rotatable bonds is 15. The van der Waals surface area contributed by atoms with Crippen LogP contribution in [-0.4, -0.2) is 62.5 Å². The van der Waals surface area contributed by atoms with Gasteiger partial charge in [0.05, 0.1) is 0 Å². The highest BCUT2D eigenvalue weighted by molar-refractivity contribution is 5.37. The number of anilines is 2. The lowest BCUT2D eigenvalue weighted by atomic mass is 10.4. The van der Waals surface area contributed by atoms with E-state index < -0.39 is 0 Å². The molecule has 26 heavy (non-hydrogen) atoms. The molecule has 0 aliphatic carbocycles. The summed E-state index contributed by atoms with van der Waals surface area (Å²) in [5.41, 5.74) is 0. The van der Waals surface area contributed by atoms with E-state index in [1.165, 1.54) is 0 Å². The second-order valence-corrected chi connectivity index (χ2v) is 6.14. The highest BCUT2D eigenvalue weighted by Crippen LogP contribution is 2.14. The molecule has 0 N–H and O–H groups in total. The molecule has 0 aromatic carbocycles. The lowest BCUT2D eigenvalue weighted by Gasteiger charge is -2.24. The van der Waals surface area contributed by atoms with Crippen LogP contribution in [0.2, 0.25) is 0 Å². The second kappa shape index (κ2) is 13.7. The molecule has 150 valence electrons. The number of unbranched alkanes of at least 4 members (excludes halogenated alkanes) is 2. The Bertz CT molecular complexity index is 490. The molecule has 1 rings (SSSR count). The van der Waals surface area contributed by atoms with Gasteiger partial charge in [0.2, 0.25) is 11.9 Å². The molecule has 0 aliphatic rings. The molecule has 0 aliphatic heterocycles. The summed E-state index contributed by atoms with van der Waals surface area (Å²) in [4.78, 5) is 17.4. The van der Waals surface area contributed by atoms with Gasteiger partial charge >= 0.3 is 0 Å². The molecular formula is C18H35N5O3. The molecule has 1 heterocycles. The SMILES string of the molecule is CCCCOCN(C)c1nc(CC)nc(N(COC)COCCCC)n1. The monoisotopic (exact) mass is 369 g/mol. The molecule has 0 bridgehead atoms. The predicted octanol–water partition coefficient (Wildman–Crippen LogP) is 2.83. The molecule has 0 fully saturated rings. The van der Waals surface area contributed by atoms with Crippen molar-refractivity contribution in [3.8, 4) is 0 Å². The van der Waals surface area contributed by atoms with Crippen molar-refractivity contribution in [1.82, 2.24) is 15.0 Å². The van der Waals surface area contributed by atoms with Crippen LogP contribution in [0.25, 0.3) is 0 Å². The van der Waals surface area contributed by atoms with E-state index in [0.717, 1.165) is 44.5 Å². The van der Waals surface area contributed by atoms with E-state index in [-0.39, 0.29) is 0 Å². The molecule has 0 saturated carbocycles. The van der Waals surface area contributed by atoms with Crippen molar-refractivity contribution in [3.05, 3.63) is 5.82 Å². The first-order chi connectivity index (χ1) is 12.7. The maximum Gasteiger partial charge on any atom is 0.234 e. The lowest BCUT2D eigenvalue weighted by molar-refractivity contribution is 0.101. The Morgan fingerprint density at radius 2 is 1.42 bits per heavy atom. The van der Waals surface area contributed by atoms with E-state index in [9.17, 15) is 0 Å². The molecule has 0 saturated heterocycles. The van der Waals surface area contributed by atoms with Crippen molar-refractivity contribution in [2.45, 2.75) is 52.9 Å². The van der Waals surface area contributed by atoms with Gasteiger partial charge in [0.25, 0.3) is 0 Å². The molecule has 0 amide bonds. The van der Waals surface area contributed by atoms with Crippen LogP contribution < -0.4 is 9.80 Å². The molecular weight excluding hydrogens is 334 g/mol. The molecule has 0 radical (unpaired) electrons. The third kappa shape index (κ3) is 8.25. The molecule has 0 atom stereocenters. The zero-order valence-electron chi connectivity index (χ0n) is 17.0. The van der Waals surface area contributed by atoms with Gasteiger partial charge in [0.15, 0.2) is 0 Å². The lowest BCUT2D eigenvalue weighted by Crippen LogP contribution is -2.32. The fraction of sp³-hybridized carbons (Fsp3) is 0.833. The Hall–Kier alpha value is -1.51. The maximum absolute atomic E-state index is 5.72. The summed E-state index contributed by atoms with van der Waals surface area (Å²) < 4.78 is 16.7. The quantitative estimate of drug-likeness (QED) is 0.345. The van der Waals surface area contributed by atoms with Gasteiger partial charge in [-0.2, -0.15) is 15.0 Å². The van der Waals surface area contributed by atoms with E-state index in [1.807, 2.05) is 23.8 Å². The summed E-state index contributed by atoms with van der Waals surface area (Å²) in [6.45, 7) is 8.95. The number of nitrogens with zero attached hydrogens (tertiary/aromatic N) is 5. The van der Waals surface area contributed by atoms with Crippen LogP contribution in [0.3, 0.4) is 0 Å². The number of ether oxygens (including phenoxy) is 3. The van der Waals surface area contributed by atoms with Crippen molar-refractivity contribution < 1.29 is 14.2 Å². The standard InChI is InChI=1S/C18H35N5O3/c1-6-9-11-25-13-22(4)17-19-16(8-3)20-18(21-17)23(14-24-5)15-26-12-10-7-2/h6-15H2,1-5H3. The van der Waals surface area contributed by atoms with Gasteiger partial charge in [-0.25, -0.2) is 0 Å². The van der Waals surface area contributed by atoms with Crippen LogP contribution in [0.5, 0.6) is 0 Å². The fourth-order valence-electron chi connectivity index (χ4n) is 2.10. The van der Waals surface area contributed by atoms with Crippen LogP contribution in [0.15, 0.2) is 0 Å². The Balaban J connectivity index is 2.83. The van der Waals surface area contributed by atoms with Gasteiger partial charge in [-0.05, 0) is 12.8 Å². The summed E-state index contributed by atoms with van der Waals surface area (Å²) in [5, 5.41) is 0. The smallest absolute Gasteiger partial charge is 0.234 e. The Labute approximate surface area is 157 Å². The second-order valence-electron chi connectivity index (χ2n) is 6.14. The zero-order chi connectivity index (χ0) is 19.2. The first-order valence-electron chi connectivity index (χ1n) is 9.51. The van der Waals surface area contributed by atoms with E-state index in [4.69, 9.17) is 14.2 Å². The predicted molar refractivity (Wildman–Crippen MR) is 103 cm³/mol. The van der Waals surface area contributed by atoms with Gasteiger partial charge in [-0.1, -0.05) is 33.6 Å². The fourth-order valence-corrected chi connectivity index (χ4v) is 2.10. The minimum atomic E-state index is 0.357. The van der Waals surface area contributed by atoms with Gasteiger partial charge < -0.3 is 19.1 Å². The number of hydrogen-bond acceptors (Lipinski definition) is 8. The first-order valence-corrected chi connectivity index (χ1v) is 9.51. The molecule has 1 aromatic heterocycles. The normalized spacial score (nSPS) is 11.0. The minimum absolute atomic E-state index is 0.357. The summed E-state index contributed by atoms with van der Waals surface area (Å²) in [7, 11) is 3.57. The Morgan fingerprint density at radius 1 is 0.808 bits per heavy atom. The highest BCUT2D eigenvalue weighted by atomic mass is 16.5. The number of aromatic nitrogens is 3. The van der Waals surface area contributed by atoms with Crippen LogP contribution in [-0.2, 0) is 20.6 Å². The van der Waals surface area contributed by atoms with Crippen molar-refractivity contribution >= 4 is 11.9 Å². The largest absolute Gasteiger partial charge is 0.364 e. The summed E-state index contributed by atoms with van der Waals surface area (Å²) in [5.74, 6) is 1.89. The van der Waals surface area contributed by atoms with Gasteiger partial charge in [0.1, 0.15) is 26.0 Å². The van der Waals surface area contributed by atoms with Crippen molar-refractivity contribution in [2.24, 2.45) is 0 Å². The molecule has 0 spiro atoms. The van der Waals surface area contributed by atoms with Gasteiger partial charge in [-0.3, -0.25) is 4.90 Å². The number of aryl methyl sites for hydroxylation is 1. The summed E-state index contributed by atoms with van der Waals surface area (Å²) in [6, 6.07) is 0. The highest BCUT2D eigenvalue weighted by Gasteiger charge is 2.15. The van der Waals surface area contributed by atoms with Crippen LogP contribution in [0.4, 0.5) is 11.9 Å². The van der Waals surface area contributed by atoms with Crippen molar-refractivity contribution in [1.29, 1.82) is 0 Å². The average Bonchev–Trinajstić information content (AvgIpc) is 2.67. The molecule has 0 unspecified atom stereocenters. The van der Waals surface area contributed by atoms with E-state index in [1.54, 1.807) is 7.11 Å². The topological polar surface area (TPSA) is 72.8 Å². The van der Waals surface area contributed by atoms with E-state index in [0.29, 0.717) is 38.7 Å². The maximum atomic E-state index is 5.72. The van der Waals surface area contributed by atoms with Gasteiger partial charge in [-0.15, -0.1) is 0 Å². The van der Waals surface area contributed by atoms with Crippen molar-refractivity contribution in [3.63, 3.8) is 0 Å². The Kier molecular flexibility index (Phi) is 11.8. The average molecular weight is 370 g/mol. The number of hydrogen-bond donors (Lipinski definition) is 0. The summed E-state index contributed by atoms with van der Waals surface area (Å²) in [6.07, 6.45) is 5.02. The van der Waals surface area contributed by atoms with Crippen LogP contribution in [0, 0.1) is 0 Å². The van der Waals surface area contributed by atoms with E-state index in [2.05, 4.69) is 28.8 Å². The van der Waals surface area contributed by atoms with Crippen LogP contribution in [0.1, 0.15) is 52.3 Å². The molecule has 1 aromatic rings. The van der Waals surface area contributed by atoms with E-state index >= 15 is 0 Å². The zero-order valence-corrected chi connectivity index (χ0v) is 17.0. The number of methoxy groups -OCH3 is 1.